The minimum atomic E-state index is -0.372. The Balaban J connectivity index is 1.94. The van der Waals surface area contributed by atoms with Crippen LogP contribution in [0.25, 0.3) is 5.03 Å². The van der Waals surface area contributed by atoms with Crippen LogP contribution >= 0.6 is 23.2 Å². The molecule has 3 rings (SSSR count). The highest BCUT2D eigenvalue weighted by Crippen LogP contribution is 2.26. The van der Waals surface area contributed by atoms with Gasteiger partial charge in [-0.25, -0.2) is 0 Å². The van der Waals surface area contributed by atoms with Gasteiger partial charge in [-0.3, -0.25) is 9.59 Å². The van der Waals surface area contributed by atoms with E-state index in [-0.39, 0.29) is 22.5 Å². The lowest BCUT2D eigenvalue weighted by Gasteiger charge is -2.28. The Morgan fingerprint density at radius 3 is 2.11 bits per heavy atom. The second-order valence-corrected chi connectivity index (χ2v) is 7.18. The van der Waals surface area contributed by atoms with Crippen LogP contribution in [0.2, 0.25) is 5.02 Å². The first kappa shape index (κ1) is 19.5. The van der Waals surface area contributed by atoms with Crippen molar-refractivity contribution in [3.8, 4) is 0 Å². The van der Waals surface area contributed by atoms with Crippen molar-refractivity contribution in [3.05, 3.63) is 76.4 Å². The highest BCUT2D eigenvalue weighted by Gasteiger charge is 2.25. The molecule has 140 valence electrons. The lowest BCUT2D eigenvalue weighted by molar-refractivity contribution is -0.128. The zero-order valence-electron chi connectivity index (χ0n) is 14.8. The molecule has 0 aliphatic carbocycles. The van der Waals surface area contributed by atoms with Crippen LogP contribution in [0.15, 0.2) is 60.3 Å². The van der Waals surface area contributed by atoms with E-state index < -0.39 is 0 Å². The molecule has 2 aromatic carbocycles. The third-order valence-corrected chi connectivity index (χ3v) is 5.11. The molecule has 0 spiro atoms. The molecular weight excluding hydrogens is 383 g/mol. The topological polar surface area (TPSA) is 49.4 Å². The van der Waals surface area contributed by atoms with Crippen molar-refractivity contribution in [3.63, 3.8) is 0 Å². The van der Waals surface area contributed by atoms with Gasteiger partial charge in [0.15, 0.2) is 0 Å². The first-order chi connectivity index (χ1) is 13.1. The van der Waals surface area contributed by atoms with Crippen molar-refractivity contribution in [2.45, 2.75) is 19.3 Å². The van der Waals surface area contributed by atoms with Crippen molar-refractivity contribution in [2.24, 2.45) is 0 Å². The number of benzene rings is 2. The zero-order valence-corrected chi connectivity index (χ0v) is 16.3. The molecule has 6 heteroatoms. The van der Waals surface area contributed by atoms with Gasteiger partial charge in [-0.15, -0.1) is 0 Å². The Labute approximate surface area is 168 Å². The lowest BCUT2D eigenvalue weighted by Crippen LogP contribution is -2.41. The van der Waals surface area contributed by atoms with Crippen molar-refractivity contribution in [1.82, 2.24) is 10.2 Å². The Morgan fingerprint density at radius 1 is 0.852 bits per heavy atom. The predicted octanol–water partition coefficient (Wildman–Crippen LogP) is 4.69. The number of nitrogens with zero attached hydrogens (tertiary/aromatic N) is 1. The molecule has 1 aliphatic rings. The third kappa shape index (κ3) is 4.90. The average molecular weight is 403 g/mol. The molecule has 1 saturated heterocycles. The number of likely N-dealkylation sites (tertiary alicyclic amines) is 1. The van der Waals surface area contributed by atoms with Gasteiger partial charge in [0.2, 0.25) is 0 Å². The molecule has 0 atom stereocenters. The first-order valence-corrected chi connectivity index (χ1v) is 9.63. The van der Waals surface area contributed by atoms with E-state index in [4.69, 9.17) is 23.2 Å². The van der Waals surface area contributed by atoms with Crippen molar-refractivity contribution >= 4 is 40.0 Å². The van der Waals surface area contributed by atoms with Gasteiger partial charge in [-0.2, -0.15) is 0 Å². The molecule has 0 aromatic heterocycles. The molecule has 2 aromatic rings. The minimum absolute atomic E-state index is 0.0924. The number of hydrogen-bond donors (Lipinski definition) is 1. The summed E-state index contributed by atoms with van der Waals surface area (Å²) in [5, 5.41) is 3.50. The van der Waals surface area contributed by atoms with Crippen molar-refractivity contribution in [1.29, 1.82) is 0 Å². The Kier molecular flexibility index (Phi) is 6.54. The molecule has 1 N–H and O–H groups in total. The lowest BCUT2D eigenvalue weighted by atomic mass is 10.1. The van der Waals surface area contributed by atoms with Gasteiger partial charge in [0.05, 0.1) is 5.03 Å². The molecule has 4 nitrogen and oxygen atoms in total. The van der Waals surface area contributed by atoms with Crippen LogP contribution in [-0.2, 0) is 4.79 Å². The largest absolute Gasteiger partial charge is 0.337 e. The average Bonchev–Trinajstić information content (AvgIpc) is 2.72. The fraction of sp³-hybridized carbons (Fsp3) is 0.238. The summed E-state index contributed by atoms with van der Waals surface area (Å²) < 4.78 is 0. The number of nitrogens with one attached hydrogen (secondary N) is 1. The summed E-state index contributed by atoms with van der Waals surface area (Å²) in [4.78, 5) is 27.5. The molecule has 0 radical (unpaired) electrons. The van der Waals surface area contributed by atoms with Crippen LogP contribution in [0.1, 0.15) is 35.2 Å². The molecule has 0 saturated carbocycles. The summed E-state index contributed by atoms with van der Waals surface area (Å²) in [7, 11) is 0. The molecule has 0 bridgehead atoms. The quantitative estimate of drug-likeness (QED) is 0.753. The van der Waals surface area contributed by atoms with E-state index in [0.29, 0.717) is 29.2 Å². The van der Waals surface area contributed by atoms with Gasteiger partial charge >= 0.3 is 0 Å². The van der Waals surface area contributed by atoms with Gasteiger partial charge < -0.3 is 10.2 Å². The second-order valence-electron chi connectivity index (χ2n) is 6.37. The van der Waals surface area contributed by atoms with Gasteiger partial charge in [0.25, 0.3) is 11.8 Å². The normalized spacial score (nSPS) is 15.1. The molecule has 1 heterocycles. The van der Waals surface area contributed by atoms with Crippen molar-refractivity contribution in [2.75, 3.05) is 13.1 Å². The fourth-order valence-corrected chi connectivity index (χ4v) is 3.35. The van der Waals surface area contributed by atoms with E-state index in [0.717, 1.165) is 19.3 Å². The number of piperidine rings is 1. The van der Waals surface area contributed by atoms with Gasteiger partial charge in [-0.1, -0.05) is 53.5 Å². The highest BCUT2D eigenvalue weighted by atomic mass is 35.5. The summed E-state index contributed by atoms with van der Waals surface area (Å²) in [5.41, 5.74) is 1.17. The van der Waals surface area contributed by atoms with E-state index in [2.05, 4.69) is 5.32 Å². The number of hydrogen-bond acceptors (Lipinski definition) is 2. The number of rotatable bonds is 4. The number of carbonyl (C=O) groups is 2. The maximum Gasteiger partial charge on any atom is 0.271 e. The Morgan fingerprint density at radius 2 is 1.48 bits per heavy atom. The van der Waals surface area contributed by atoms with Crippen LogP contribution in [0.4, 0.5) is 0 Å². The summed E-state index contributed by atoms with van der Waals surface area (Å²) >= 11 is 12.5. The van der Waals surface area contributed by atoms with E-state index >= 15 is 0 Å². The zero-order chi connectivity index (χ0) is 19.2. The smallest absolute Gasteiger partial charge is 0.271 e. The van der Waals surface area contributed by atoms with Crippen LogP contribution in [0, 0.1) is 0 Å². The predicted molar refractivity (Wildman–Crippen MR) is 109 cm³/mol. The minimum Gasteiger partial charge on any atom is -0.337 e. The molecular formula is C21H20Cl2N2O2. The molecule has 27 heavy (non-hydrogen) atoms. The van der Waals surface area contributed by atoms with E-state index in [1.807, 2.05) is 6.07 Å². The first-order valence-electron chi connectivity index (χ1n) is 8.87. The summed E-state index contributed by atoms with van der Waals surface area (Å²) in [6.45, 7) is 1.32. The summed E-state index contributed by atoms with van der Waals surface area (Å²) in [6, 6.07) is 15.6. The molecule has 0 unspecified atom stereocenters. The van der Waals surface area contributed by atoms with Gasteiger partial charge in [0.1, 0.15) is 5.70 Å². The number of carbonyl (C=O) groups excluding carboxylic acids is 2. The summed E-state index contributed by atoms with van der Waals surface area (Å²) in [5.74, 6) is -0.637. The highest BCUT2D eigenvalue weighted by molar-refractivity contribution is 6.51. The van der Waals surface area contributed by atoms with Crippen molar-refractivity contribution < 1.29 is 9.59 Å². The van der Waals surface area contributed by atoms with Crippen LogP contribution in [0.3, 0.4) is 0 Å². The van der Waals surface area contributed by atoms with Crippen LogP contribution < -0.4 is 5.32 Å². The maximum atomic E-state index is 13.1. The SMILES string of the molecule is O=C(N/C(C(=O)N1CCCCC1)=C(\Cl)c1ccc(Cl)cc1)c1ccccc1. The molecule has 1 aliphatic heterocycles. The van der Waals surface area contributed by atoms with Crippen LogP contribution in [0.5, 0.6) is 0 Å². The van der Waals surface area contributed by atoms with Crippen LogP contribution in [-0.4, -0.2) is 29.8 Å². The third-order valence-electron chi connectivity index (χ3n) is 4.45. The Bertz CT molecular complexity index is 842. The van der Waals surface area contributed by atoms with E-state index in [1.165, 1.54) is 0 Å². The van der Waals surface area contributed by atoms with E-state index in [9.17, 15) is 9.59 Å². The summed E-state index contributed by atoms with van der Waals surface area (Å²) in [6.07, 6.45) is 3.00. The number of amides is 2. The van der Waals surface area contributed by atoms with Gasteiger partial charge in [0, 0.05) is 23.7 Å². The Hall–Kier alpha value is -2.30. The number of halogens is 2. The standard InChI is InChI=1S/C21H20Cl2N2O2/c22-17-11-9-15(10-12-17)18(23)19(21(27)25-13-5-2-6-14-25)24-20(26)16-7-3-1-4-8-16/h1,3-4,7-12H,2,5-6,13-14H2,(H,24,26)/b19-18-. The molecule has 2 amide bonds. The maximum absolute atomic E-state index is 13.1. The fourth-order valence-electron chi connectivity index (χ4n) is 2.97. The van der Waals surface area contributed by atoms with Gasteiger partial charge in [-0.05, 0) is 49.1 Å². The molecule has 1 fully saturated rings. The second kappa shape index (κ2) is 9.07. The monoisotopic (exact) mass is 402 g/mol. The van der Waals surface area contributed by atoms with E-state index in [1.54, 1.807) is 53.4 Å².